The van der Waals surface area contributed by atoms with E-state index >= 15 is 0 Å². The molecular formula is C22H25ClN2O2. The Morgan fingerprint density at radius 1 is 1.37 bits per heavy atom. The van der Waals surface area contributed by atoms with Crippen molar-refractivity contribution in [3.05, 3.63) is 58.8 Å². The third-order valence-electron chi connectivity index (χ3n) is 4.52. The fourth-order valence-corrected chi connectivity index (χ4v) is 3.09. The van der Waals surface area contributed by atoms with Crippen LogP contribution in [0.4, 0.5) is 0 Å². The molecule has 1 fully saturated rings. The maximum absolute atomic E-state index is 11.0. The molecular weight excluding hydrogens is 360 g/mol. The first-order valence-electron chi connectivity index (χ1n) is 9.37. The first-order chi connectivity index (χ1) is 13.0. The van der Waals surface area contributed by atoms with Crippen molar-refractivity contribution in [1.29, 1.82) is 0 Å². The molecule has 1 amide bonds. The number of ether oxygens (including phenoxy) is 1. The predicted molar refractivity (Wildman–Crippen MR) is 109 cm³/mol. The van der Waals surface area contributed by atoms with Crippen molar-refractivity contribution in [1.82, 2.24) is 10.3 Å². The number of benzene rings is 1. The van der Waals surface area contributed by atoms with Crippen molar-refractivity contribution in [3.8, 4) is 11.6 Å². The lowest BCUT2D eigenvalue weighted by atomic mass is 10.1. The number of hydrogen-bond acceptors (Lipinski definition) is 3. The fourth-order valence-electron chi connectivity index (χ4n) is 2.85. The number of hydrogen-bond donors (Lipinski definition) is 1. The number of nitrogens with zero attached hydrogens (tertiary/aromatic N) is 1. The van der Waals surface area contributed by atoms with Crippen LogP contribution in [0.1, 0.15) is 44.2 Å². The van der Waals surface area contributed by atoms with Gasteiger partial charge in [-0.1, -0.05) is 42.7 Å². The monoisotopic (exact) mass is 384 g/mol. The zero-order valence-corrected chi connectivity index (χ0v) is 16.5. The van der Waals surface area contributed by atoms with Crippen LogP contribution in [0.2, 0.25) is 5.02 Å². The van der Waals surface area contributed by atoms with E-state index in [1.165, 1.54) is 31.7 Å². The minimum absolute atomic E-state index is 0.0318. The largest absolute Gasteiger partial charge is 0.437 e. The predicted octanol–water partition coefficient (Wildman–Crippen LogP) is 5.41. The Labute approximate surface area is 165 Å². The molecule has 0 aliphatic heterocycles. The summed E-state index contributed by atoms with van der Waals surface area (Å²) in [7, 11) is 0. The SMILES string of the molecule is CC(=O)N[C@@H](C)/C=C/c1ccc(Oc2ccc(CCC3CC3)cc2Cl)nc1. The molecule has 3 rings (SSSR count). The van der Waals surface area contributed by atoms with Crippen LogP contribution in [0.15, 0.2) is 42.6 Å². The Morgan fingerprint density at radius 2 is 2.19 bits per heavy atom. The highest BCUT2D eigenvalue weighted by Gasteiger charge is 2.20. The van der Waals surface area contributed by atoms with Crippen LogP contribution in [-0.4, -0.2) is 16.9 Å². The second kappa shape index (κ2) is 9.05. The average Bonchev–Trinajstić information content (AvgIpc) is 3.45. The molecule has 2 aromatic rings. The Hall–Kier alpha value is -2.33. The highest BCUT2D eigenvalue weighted by molar-refractivity contribution is 6.32. The molecule has 142 valence electrons. The lowest BCUT2D eigenvalue weighted by Crippen LogP contribution is -2.28. The van der Waals surface area contributed by atoms with E-state index < -0.39 is 0 Å². The van der Waals surface area contributed by atoms with Crippen LogP contribution < -0.4 is 10.1 Å². The zero-order chi connectivity index (χ0) is 19.2. The second-order valence-electron chi connectivity index (χ2n) is 7.13. The first kappa shape index (κ1) is 19.4. The molecule has 1 atom stereocenters. The second-order valence-corrected chi connectivity index (χ2v) is 7.53. The van der Waals surface area contributed by atoms with Gasteiger partial charge in [-0.3, -0.25) is 4.79 Å². The van der Waals surface area contributed by atoms with Gasteiger partial charge in [-0.15, -0.1) is 0 Å². The van der Waals surface area contributed by atoms with E-state index in [1.807, 2.05) is 37.3 Å². The van der Waals surface area contributed by atoms with Crippen molar-refractivity contribution in [2.24, 2.45) is 5.92 Å². The van der Waals surface area contributed by atoms with Crippen molar-refractivity contribution >= 4 is 23.6 Å². The van der Waals surface area contributed by atoms with Gasteiger partial charge in [0.1, 0.15) is 5.75 Å². The molecule has 1 heterocycles. The number of carbonyl (C=O) groups is 1. The molecule has 1 aliphatic carbocycles. The molecule has 27 heavy (non-hydrogen) atoms. The van der Waals surface area contributed by atoms with E-state index in [-0.39, 0.29) is 11.9 Å². The van der Waals surface area contributed by atoms with Gasteiger partial charge in [0.2, 0.25) is 11.8 Å². The van der Waals surface area contributed by atoms with Crippen molar-refractivity contribution < 1.29 is 9.53 Å². The van der Waals surface area contributed by atoms with Gasteiger partial charge in [0.25, 0.3) is 0 Å². The van der Waals surface area contributed by atoms with Crippen molar-refractivity contribution in [3.63, 3.8) is 0 Å². The Bertz CT molecular complexity index is 814. The summed E-state index contributed by atoms with van der Waals surface area (Å²) in [6, 6.07) is 9.66. The summed E-state index contributed by atoms with van der Waals surface area (Å²) in [4.78, 5) is 15.3. The number of aryl methyl sites for hydroxylation is 1. The number of halogens is 1. The lowest BCUT2D eigenvalue weighted by molar-refractivity contribution is -0.119. The maximum Gasteiger partial charge on any atom is 0.219 e. The first-order valence-corrected chi connectivity index (χ1v) is 9.75. The third kappa shape index (κ3) is 6.40. The van der Waals surface area contributed by atoms with Crippen LogP contribution in [0.25, 0.3) is 6.08 Å². The molecule has 1 aliphatic rings. The van der Waals surface area contributed by atoms with Crippen molar-refractivity contribution in [2.45, 2.75) is 45.6 Å². The van der Waals surface area contributed by atoms with Crippen LogP contribution >= 0.6 is 11.6 Å². The number of pyridine rings is 1. The Kier molecular flexibility index (Phi) is 6.51. The Balaban J connectivity index is 1.57. The molecule has 5 heteroatoms. The minimum Gasteiger partial charge on any atom is -0.437 e. The average molecular weight is 385 g/mol. The number of rotatable bonds is 8. The van der Waals surface area contributed by atoms with Gasteiger partial charge in [-0.2, -0.15) is 0 Å². The summed E-state index contributed by atoms with van der Waals surface area (Å²) in [5.41, 5.74) is 2.18. The topological polar surface area (TPSA) is 51.2 Å². The highest BCUT2D eigenvalue weighted by atomic mass is 35.5. The summed E-state index contributed by atoms with van der Waals surface area (Å²) >= 11 is 6.37. The van der Waals surface area contributed by atoms with Crippen LogP contribution in [-0.2, 0) is 11.2 Å². The molecule has 0 radical (unpaired) electrons. The molecule has 1 N–H and O–H groups in total. The van der Waals surface area contributed by atoms with Gasteiger partial charge in [-0.25, -0.2) is 4.98 Å². The molecule has 0 bridgehead atoms. The molecule has 0 unspecified atom stereocenters. The molecule has 1 aromatic carbocycles. The van der Waals surface area contributed by atoms with Gasteiger partial charge in [0, 0.05) is 25.2 Å². The van der Waals surface area contributed by atoms with E-state index in [2.05, 4.69) is 16.4 Å². The van der Waals surface area contributed by atoms with E-state index in [0.717, 1.165) is 17.9 Å². The number of nitrogens with one attached hydrogen (secondary N) is 1. The molecule has 0 saturated heterocycles. The Morgan fingerprint density at radius 3 is 2.81 bits per heavy atom. The standard InChI is InChI=1S/C22H25ClN2O2/c1-15(25-16(2)26)3-4-19-10-12-22(24-14-19)27-21-11-9-18(13-20(21)23)8-7-17-5-6-17/h3-4,9-15,17H,5-8H2,1-2H3,(H,25,26)/b4-3+/t15-/m0/s1. The van der Waals surface area contributed by atoms with E-state index in [0.29, 0.717) is 16.7 Å². The summed E-state index contributed by atoms with van der Waals surface area (Å²) < 4.78 is 5.81. The van der Waals surface area contributed by atoms with Crippen LogP contribution in [0.3, 0.4) is 0 Å². The number of aromatic nitrogens is 1. The van der Waals surface area contributed by atoms with E-state index in [1.54, 1.807) is 12.3 Å². The lowest BCUT2D eigenvalue weighted by Gasteiger charge is -2.09. The van der Waals surface area contributed by atoms with E-state index in [4.69, 9.17) is 16.3 Å². The maximum atomic E-state index is 11.0. The van der Waals surface area contributed by atoms with Gasteiger partial charge < -0.3 is 10.1 Å². The van der Waals surface area contributed by atoms with Gasteiger partial charge in [-0.05, 0) is 55.0 Å². The molecule has 0 spiro atoms. The summed E-state index contributed by atoms with van der Waals surface area (Å²) in [5.74, 6) is 1.97. The van der Waals surface area contributed by atoms with Gasteiger partial charge in [0.15, 0.2) is 0 Å². The zero-order valence-electron chi connectivity index (χ0n) is 15.7. The molecule has 1 aromatic heterocycles. The summed E-state index contributed by atoms with van der Waals surface area (Å²) in [5, 5.41) is 3.41. The quantitative estimate of drug-likeness (QED) is 0.662. The highest BCUT2D eigenvalue weighted by Crippen LogP contribution is 2.35. The summed E-state index contributed by atoms with van der Waals surface area (Å²) in [6.45, 7) is 3.42. The van der Waals surface area contributed by atoms with Gasteiger partial charge >= 0.3 is 0 Å². The molecule has 1 saturated carbocycles. The fraction of sp³-hybridized carbons (Fsp3) is 0.364. The van der Waals surface area contributed by atoms with Crippen molar-refractivity contribution in [2.75, 3.05) is 0 Å². The minimum atomic E-state index is -0.0514. The smallest absolute Gasteiger partial charge is 0.219 e. The number of amides is 1. The number of carbonyl (C=O) groups excluding carboxylic acids is 1. The van der Waals surface area contributed by atoms with Crippen LogP contribution in [0, 0.1) is 5.92 Å². The third-order valence-corrected chi connectivity index (χ3v) is 4.81. The normalized spacial score (nSPS) is 14.9. The molecule has 4 nitrogen and oxygen atoms in total. The van der Waals surface area contributed by atoms with Crippen LogP contribution in [0.5, 0.6) is 11.6 Å². The van der Waals surface area contributed by atoms with E-state index in [9.17, 15) is 4.79 Å². The van der Waals surface area contributed by atoms with Gasteiger partial charge in [0.05, 0.1) is 5.02 Å². The summed E-state index contributed by atoms with van der Waals surface area (Å²) in [6.07, 6.45) is 10.6.